The first-order valence-electron chi connectivity index (χ1n) is 5.55. The van der Waals surface area contributed by atoms with E-state index in [0.717, 1.165) is 0 Å². The average molecular weight is 263 g/mol. The summed E-state index contributed by atoms with van der Waals surface area (Å²) in [4.78, 5) is 19.7. The van der Waals surface area contributed by atoms with Crippen molar-refractivity contribution in [3.63, 3.8) is 0 Å². The Hall–Kier alpha value is -2.64. The van der Waals surface area contributed by atoms with E-state index in [1.807, 2.05) is 0 Å². The van der Waals surface area contributed by atoms with Crippen molar-refractivity contribution < 1.29 is 14.3 Å². The highest BCUT2D eigenvalue weighted by Crippen LogP contribution is 2.14. The Bertz CT molecular complexity index is 596. The van der Waals surface area contributed by atoms with Gasteiger partial charge in [-0.05, 0) is 6.92 Å². The molecule has 0 saturated carbocycles. The highest BCUT2D eigenvalue weighted by atomic mass is 16.5. The lowest BCUT2D eigenvalue weighted by molar-refractivity contribution is 0.0520. The van der Waals surface area contributed by atoms with Crippen molar-refractivity contribution in [3.8, 4) is 11.8 Å². The van der Waals surface area contributed by atoms with Crippen LogP contribution in [0.15, 0.2) is 18.5 Å². The lowest BCUT2D eigenvalue weighted by atomic mass is 10.4. The lowest BCUT2D eigenvalue weighted by Crippen LogP contribution is -2.09. The van der Waals surface area contributed by atoms with Crippen molar-refractivity contribution in [1.29, 1.82) is 0 Å². The first kappa shape index (κ1) is 12.8. The smallest absolute Gasteiger partial charge is 0.361 e. The van der Waals surface area contributed by atoms with E-state index in [4.69, 9.17) is 15.2 Å². The van der Waals surface area contributed by atoms with Crippen LogP contribution in [-0.4, -0.2) is 39.4 Å². The van der Waals surface area contributed by atoms with Crippen LogP contribution in [0.1, 0.15) is 17.4 Å². The molecule has 2 aromatic rings. The van der Waals surface area contributed by atoms with E-state index in [1.54, 1.807) is 13.0 Å². The molecule has 19 heavy (non-hydrogen) atoms. The average Bonchev–Trinajstić information content (AvgIpc) is 2.81. The fraction of sp³-hybridized carbons (Fsp3) is 0.273. The van der Waals surface area contributed by atoms with Gasteiger partial charge in [-0.3, -0.25) is 0 Å². The molecule has 0 aliphatic rings. The summed E-state index contributed by atoms with van der Waals surface area (Å²) >= 11 is 0. The second-order valence-corrected chi connectivity index (χ2v) is 3.50. The number of ether oxygens (including phenoxy) is 2. The van der Waals surface area contributed by atoms with Crippen LogP contribution >= 0.6 is 0 Å². The van der Waals surface area contributed by atoms with Crippen LogP contribution in [0.4, 0.5) is 5.69 Å². The van der Waals surface area contributed by atoms with Gasteiger partial charge in [-0.25, -0.2) is 14.5 Å². The summed E-state index contributed by atoms with van der Waals surface area (Å²) in [5, 5.41) is 4.01. The SMILES string of the molecule is CCOC(=O)c1nn(-c2nccc(OC)n2)cc1N. The van der Waals surface area contributed by atoms with Gasteiger partial charge >= 0.3 is 5.97 Å². The van der Waals surface area contributed by atoms with Crippen LogP contribution in [0.25, 0.3) is 5.95 Å². The predicted molar refractivity (Wildman–Crippen MR) is 66.1 cm³/mol. The van der Waals surface area contributed by atoms with Crippen LogP contribution in [0.5, 0.6) is 5.88 Å². The Morgan fingerprint density at radius 3 is 3.00 bits per heavy atom. The third kappa shape index (κ3) is 2.62. The largest absolute Gasteiger partial charge is 0.481 e. The molecule has 0 aliphatic carbocycles. The molecule has 8 heteroatoms. The monoisotopic (exact) mass is 263 g/mol. The van der Waals surface area contributed by atoms with Gasteiger partial charge in [0.25, 0.3) is 5.95 Å². The van der Waals surface area contributed by atoms with Crippen LogP contribution in [-0.2, 0) is 4.74 Å². The summed E-state index contributed by atoms with van der Waals surface area (Å²) in [5.41, 5.74) is 5.94. The molecule has 2 aromatic heterocycles. The number of methoxy groups -OCH3 is 1. The molecule has 100 valence electrons. The molecule has 2 rings (SSSR count). The highest BCUT2D eigenvalue weighted by Gasteiger charge is 2.17. The molecule has 0 radical (unpaired) electrons. The molecule has 2 heterocycles. The number of nitrogen functional groups attached to an aromatic ring is 1. The predicted octanol–water partition coefficient (Wildman–Crippen LogP) is 0.430. The molecule has 0 aromatic carbocycles. The normalized spacial score (nSPS) is 10.2. The number of nitrogens with zero attached hydrogens (tertiary/aromatic N) is 4. The van der Waals surface area contributed by atoms with Gasteiger partial charge in [0.15, 0.2) is 5.69 Å². The van der Waals surface area contributed by atoms with Crippen LogP contribution in [0.3, 0.4) is 0 Å². The topological polar surface area (TPSA) is 105 Å². The molecule has 0 aliphatic heterocycles. The number of nitrogens with two attached hydrogens (primary N) is 1. The summed E-state index contributed by atoms with van der Waals surface area (Å²) in [7, 11) is 1.49. The van der Waals surface area contributed by atoms with E-state index in [2.05, 4.69) is 15.1 Å². The molecule has 0 unspecified atom stereocenters. The van der Waals surface area contributed by atoms with Gasteiger partial charge in [-0.15, -0.1) is 0 Å². The minimum atomic E-state index is -0.582. The van der Waals surface area contributed by atoms with Gasteiger partial charge in [0.05, 0.1) is 25.6 Å². The maximum absolute atomic E-state index is 11.6. The van der Waals surface area contributed by atoms with Crippen molar-refractivity contribution >= 4 is 11.7 Å². The van der Waals surface area contributed by atoms with E-state index >= 15 is 0 Å². The number of esters is 1. The van der Waals surface area contributed by atoms with Crippen molar-refractivity contribution in [2.24, 2.45) is 0 Å². The zero-order valence-corrected chi connectivity index (χ0v) is 10.5. The molecule has 0 atom stereocenters. The Balaban J connectivity index is 2.36. The number of aromatic nitrogens is 4. The van der Waals surface area contributed by atoms with Crippen LogP contribution < -0.4 is 10.5 Å². The molecule has 0 spiro atoms. The first-order valence-corrected chi connectivity index (χ1v) is 5.55. The van der Waals surface area contributed by atoms with Gasteiger partial charge in [0.1, 0.15) is 0 Å². The van der Waals surface area contributed by atoms with Gasteiger partial charge in [0, 0.05) is 12.3 Å². The first-order chi connectivity index (χ1) is 9.15. The second-order valence-electron chi connectivity index (χ2n) is 3.50. The molecular formula is C11H13N5O3. The third-order valence-corrected chi connectivity index (χ3v) is 2.24. The summed E-state index contributed by atoms with van der Waals surface area (Å²) in [6, 6.07) is 1.60. The zero-order valence-electron chi connectivity index (χ0n) is 10.5. The van der Waals surface area contributed by atoms with Gasteiger partial charge < -0.3 is 15.2 Å². The third-order valence-electron chi connectivity index (χ3n) is 2.24. The van der Waals surface area contributed by atoms with E-state index in [0.29, 0.717) is 5.88 Å². The molecule has 0 bridgehead atoms. The number of hydrogen-bond acceptors (Lipinski definition) is 7. The van der Waals surface area contributed by atoms with Crippen LogP contribution in [0, 0.1) is 0 Å². The number of carbonyl (C=O) groups is 1. The quantitative estimate of drug-likeness (QED) is 0.797. The number of hydrogen-bond donors (Lipinski definition) is 1. The summed E-state index contributed by atoms with van der Waals surface area (Å²) in [5.74, 6) is 0.0556. The molecule has 0 amide bonds. The minimum Gasteiger partial charge on any atom is -0.481 e. The summed E-state index contributed by atoms with van der Waals surface area (Å²) in [6.45, 7) is 1.96. The lowest BCUT2D eigenvalue weighted by Gasteiger charge is -2.01. The van der Waals surface area contributed by atoms with Gasteiger partial charge in [-0.1, -0.05) is 0 Å². The number of rotatable bonds is 4. The van der Waals surface area contributed by atoms with Crippen molar-refractivity contribution in [1.82, 2.24) is 19.7 Å². The molecule has 0 fully saturated rings. The zero-order chi connectivity index (χ0) is 13.8. The van der Waals surface area contributed by atoms with Crippen LogP contribution in [0.2, 0.25) is 0 Å². The van der Waals surface area contributed by atoms with Gasteiger partial charge in [-0.2, -0.15) is 10.1 Å². The van der Waals surface area contributed by atoms with Crippen molar-refractivity contribution in [2.75, 3.05) is 19.5 Å². The maximum Gasteiger partial charge on any atom is 0.361 e. The van der Waals surface area contributed by atoms with E-state index < -0.39 is 5.97 Å². The molecule has 8 nitrogen and oxygen atoms in total. The Labute approximate surface area is 109 Å². The fourth-order valence-electron chi connectivity index (χ4n) is 1.40. The molecule has 2 N–H and O–H groups in total. The maximum atomic E-state index is 11.6. The summed E-state index contributed by atoms with van der Waals surface area (Å²) in [6.07, 6.45) is 2.96. The molecule has 0 saturated heterocycles. The minimum absolute atomic E-state index is 0.0354. The van der Waals surface area contributed by atoms with E-state index in [9.17, 15) is 4.79 Å². The molecular weight excluding hydrogens is 250 g/mol. The number of carbonyl (C=O) groups excluding carboxylic acids is 1. The van der Waals surface area contributed by atoms with Crippen molar-refractivity contribution in [2.45, 2.75) is 6.92 Å². The summed E-state index contributed by atoms with van der Waals surface area (Å²) < 4.78 is 11.1. The van der Waals surface area contributed by atoms with E-state index in [1.165, 1.54) is 24.2 Å². The Morgan fingerprint density at radius 2 is 2.32 bits per heavy atom. The Kier molecular flexibility index (Phi) is 3.60. The second kappa shape index (κ2) is 5.34. The highest BCUT2D eigenvalue weighted by molar-refractivity contribution is 5.92. The fourth-order valence-corrected chi connectivity index (χ4v) is 1.40. The van der Waals surface area contributed by atoms with Gasteiger partial charge in [0.2, 0.25) is 5.88 Å². The van der Waals surface area contributed by atoms with Crippen molar-refractivity contribution in [3.05, 3.63) is 24.2 Å². The number of anilines is 1. The Morgan fingerprint density at radius 1 is 1.53 bits per heavy atom. The standard InChI is InChI=1S/C11H13N5O3/c1-3-19-10(17)9-7(12)6-16(15-9)11-13-5-4-8(14-11)18-2/h4-6H,3,12H2,1-2H3. The van der Waals surface area contributed by atoms with E-state index in [-0.39, 0.29) is 23.9 Å².